The molecule has 4 nitrogen and oxygen atoms in total. The second kappa shape index (κ2) is 7.06. The summed E-state index contributed by atoms with van der Waals surface area (Å²) in [5.41, 5.74) is -0.514. The first-order valence-corrected chi connectivity index (χ1v) is 8.12. The molecule has 0 fully saturated rings. The number of hydrogen-bond donors (Lipinski definition) is 0. The number of alkyl halides is 3. The van der Waals surface area contributed by atoms with Gasteiger partial charge in [-0.05, 0) is 36.4 Å². The number of ketones is 1. The minimum Gasteiger partial charge on any atom is -0.291 e. The molecule has 0 atom stereocenters. The maximum absolute atomic E-state index is 12.8. The van der Waals surface area contributed by atoms with Crippen LogP contribution in [0.2, 0.25) is 10.0 Å². The van der Waals surface area contributed by atoms with E-state index in [1.165, 1.54) is 29.0 Å². The molecule has 0 radical (unpaired) electrons. The molecule has 0 N–H and O–H groups in total. The predicted octanol–water partition coefficient (Wildman–Crippen LogP) is 5.30. The Morgan fingerprint density at radius 1 is 1.11 bits per heavy atom. The van der Waals surface area contributed by atoms with Crippen LogP contribution in [-0.2, 0) is 6.18 Å². The number of aromatic nitrogens is 2. The van der Waals surface area contributed by atoms with E-state index < -0.39 is 11.7 Å². The quantitative estimate of drug-likeness (QED) is 0.551. The lowest BCUT2D eigenvalue weighted by molar-refractivity contribution is -0.137. The van der Waals surface area contributed by atoms with Crippen molar-refractivity contribution in [1.29, 1.82) is 5.26 Å². The molecule has 3 rings (SSSR count). The summed E-state index contributed by atoms with van der Waals surface area (Å²) in [5, 5.41) is 9.46. The van der Waals surface area contributed by atoms with Crippen LogP contribution in [0.3, 0.4) is 0 Å². The fraction of sp³-hybridized carbons (Fsp3) is 0.0556. The van der Waals surface area contributed by atoms with Crippen LogP contribution in [0.25, 0.3) is 5.82 Å². The molecule has 0 spiro atoms. The van der Waals surface area contributed by atoms with E-state index in [0.29, 0.717) is 22.8 Å². The molecule has 0 saturated heterocycles. The zero-order chi connectivity index (χ0) is 19.8. The van der Waals surface area contributed by atoms with E-state index in [2.05, 4.69) is 4.98 Å². The van der Waals surface area contributed by atoms with E-state index in [0.717, 1.165) is 0 Å². The fourth-order valence-electron chi connectivity index (χ4n) is 2.38. The van der Waals surface area contributed by atoms with Gasteiger partial charge in [-0.3, -0.25) is 9.36 Å². The third-order valence-electron chi connectivity index (χ3n) is 3.68. The van der Waals surface area contributed by atoms with Gasteiger partial charge in [0.1, 0.15) is 11.8 Å². The van der Waals surface area contributed by atoms with Crippen molar-refractivity contribution < 1.29 is 18.0 Å². The summed E-state index contributed by atoms with van der Waals surface area (Å²) in [4.78, 5) is 16.3. The number of pyridine rings is 1. The van der Waals surface area contributed by atoms with Crippen LogP contribution < -0.4 is 0 Å². The molecular formula is C18H8Cl2F3N3O. The van der Waals surface area contributed by atoms with Crippen molar-refractivity contribution in [1.82, 2.24) is 9.55 Å². The van der Waals surface area contributed by atoms with Gasteiger partial charge in [0.25, 0.3) is 0 Å². The molecule has 1 aromatic carbocycles. The summed E-state index contributed by atoms with van der Waals surface area (Å²) in [6, 6.07) is 10.0. The molecule has 0 bridgehead atoms. The van der Waals surface area contributed by atoms with Gasteiger partial charge < -0.3 is 0 Å². The van der Waals surface area contributed by atoms with Crippen LogP contribution >= 0.6 is 23.2 Å². The van der Waals surface area contributed by atoms with Gasteiger partial charge in [0.2, 0.25) is 0 Å². The highest BCUT2D eigenvalue weighted by Crippen LogP contribution is 2.32. The van der Waals surface area contributed by atoms with Gasteiger partial charge in [-0.25, -0.2) is 4.98 Å². The largest absolute Gasteiger partial charge is 0.417 e. The second-order valence-corrected chi connectivity index (χ2v) is 6.30. The maximum atomic E-state index is 12.8. The summed E-state index contributed by atoms with van der Waals surface area (Å²) in [5.74, 6) is -0.471. The molecule has 0 unspecified atom stereocenters. The maximum Gasteiger partial charge on any atom is 0.417 e. The van der Waals surface area contributed by atoms with Crippen LogP contribution in [0.4, 0.5) is 13.2 Å². The van der Waals surface area contributed by atoms with Crippen LogP contribution in [0.15, 0.2) is 48.8 Å². The SMILES string of the molecule is N#Cc1cc(C(=O)c2ccc(Cl)cc2)cn1-c1ncc(C(F)(F)F)cc1Cl. The molecule has 136 valence electrons. The normalized spacial score (nSPS) is 11.3. The van der Waals surface area contributed by atoms with Crippen molar-refractivity contribution in [3.63, 3.8) is 0 Å². The zero-order valence-electron chi connectivity index (χ0n) is 13.3. The molecule has 0 aliphatic rings. The lowest BCUT2D eigenvalue weighted by atomic mass is 10.1. The van der Waals surface area contributed by atoms with E-state index in [-0.39, 0.29) is 27.9 Å². The van der Waals surface area contributed by atoms with Gasteiger partial charge in [-0.2, -0.15) is 18.4 Å². The van der Waals surface area contributed by atoms with Crippen LogP contribution in [0.5, 0.6) is 0 Å². The van der Waals surface area contributed by atoms with E-state index in [4.69, 9.17) is 23.2 Å². The predicted molar refractivity (Wildman–Crippen MR) is 93.2 cm³/mol. The number of rotatable bonds is 3. The number of carbonyl (C=O) groups excluding carboxylic acids is 1. The monoisotopic (exact) mass is 409 g/mol. The minimum atomic E-state index is -4.60. The van der Waals surface area contributed by atoms with Crippen molar-refractivity contribution in [2.45, 2.75) is 6.18 Å². The Labute approximate surface area is 161 Å². The summed E-state index contributed by atoms with van der Waals surface area (Å²) in [6.45, 7) is 0. The summed E-state index contributed by atoms with van der Waals surface area (Å²) in [6.07, 6.45) is -2.68. The zero-order valence-corrected chi connectivity index (χ0v) is 14.8. The Bertz CT molecular complexity index is 1070. The molecule has 9 heteroatoms. The van der Waals surface area contributed by atoms with Crippen LogP contribution in [0.1, 0.15) is 27.2 Å². The first-order valence-electron chi connectivity index (χ1n) is 7.36. The Morgan fingerprint density at radius 2 is 1.78 bits per heavy atom. The first-order chi connectivity index (χ1) is 12.7. The van der Waals surface area contributed by atoms with Gasteiger partial charge in [0.15, 0.2) is 11.6 Å². The van der Waals surface area contributed by atoms with Crippen molar-refractivity contribution in [2.24, 2.45) is 0 Å². The fourth-order valence-corrected chi connectivity index (χ4v) is 2.76. The van der Waals surface area contributed by atoms with Gasteiger partial charge in [0, 0.05) is 28.5 Å². The molecule has 0 saturated carbocycles. The van der Waals surface area contributed by atoms with Gasteiger partial charge in [-0.1, -0.05) is 23.2 Å². The van der Waals surface area contributed by atoms with Gasteiger partial charge in [-0.15, -0.1) is 0 Å². The standard InChI is InChI=1S/C18H8Cl2F3N3O/c19-13-3-1-10(2-4-13)16(27)11-5-14(7-24)26(9-11)17-15(20)6-12(8-25-17)18(21,22)23/h1-6,8-9H. The lowest BCUT2D eigenvalue weighted by Crippen LogP contribution is -2.08. The molecule has 2 heterocycles. The highest BCUT2D eigenvalue weighted by atomic mass is 35.5. The number of nitrogens with zero attached hydrogens (tertiary/aromatic N) is 3. The summed E-state index contributed by atoms with van der Waals surface area (Å²) < 4.78 is 39.5. The van der Waals surface area contributed by atoms with Crippen LogP contribution in [-0.4, -0.2) is 15.3 Å². The third kappa shape index (κ3) is 3.82. The molecule has 0 amide bonds. The first kappa shape index (κ1) is 19.0. The number of hydrogen-bond acceptors (Lipinski definition) is 3. The van der Waals surface area contributed by atoms with E-state index in [1.54, 1.807) is 12.1 Å². The van der Waals surface area contributed by atoms with Crippen LogP contribution in [0, 0.1) is 11.3 Å². The van der Waals surface area contributed by atoms with E-state index in [9.17, 15) is 23.2 Å². The molecule has 3 aromatic rings. The molecule has 0 aliphatic carbocycles. The molecule has 0 aliphatic heterocycles. The number of carbonyl (C=O) groups is 1. The smallest absolute Gasteiger partial charge is 0.291 e. The summed E-state index contributed by atoms with van der Waals surface area (Å²) in [7, 11) is 0. The molecular weight excluding hydrogens is 402 g/mol. The van der Waals surface area contributed by atoms with Gasteiger partial charge in [0.05, 0.1) is 10.6 Å². The minimum absolute atomic E-state index is 0.00136. The Morgan fingerprint density at radius 3 is 2.33 bits per heavy atom. The second-order valence-electron chi connectivity index (χ2n) is 5.46. The van der Waals surface area contributed by atoms with E-state index >= 15 is 0 Å². The summed E-state index contributed by atoms with van der Waals surface area (Å²) >= 11 is 11.7. The van der Waals surface area contributed by atoms with Gasteiger partial charge >= 0.3 is 6.18 Å². The lowest BCUT2D eigenvalue weighted by Gasteiger charge is -2.10. The van der Waals surface area contributed by atoms with E-state index in [1.807, 2.05) is 6.07 Å². The average Bonchev–Trinajstić information content (AvgIpc) is 3.05. The Hall–Kier alpha value is -2.82. The highest BCUT2D eigenvalue weighted by molar-refractivity contribution is 6.32. The third-order valence-corrected chi connectivity index (χ3v) is 4.21. The van der Waals surface area contributed by atoms with Crippen molar-refractivity contribution in [3.05, 3.63) is 81.2 Å². The Balaban J connectivity index is 2.04. The van der Waals surface area contributed by atoms with Crippen molar-refractivity contribution in [3.8, 4) is 11.9 Å². The Kier molecular flexibility index (Phi) is 4.96. The number of nitriles is 1. The number of halogens is 5. The average molecular weight is 410 g/mol. The molecule has 27 heavy (non-hydrogen) atoms. The van der Waals surface area contributed by atoms with Crippen molar-refractivity contribution >= 4 is 29.0 Å². The highest BCUT2D eigenvalue weighted by Gasteiger charge is 2.32. The topological polar surface area (TPSA) is 58.7 Å². The van der Waals surface area contributed by atoms with Crippen molar-refractivity contribution in [2.75, 3.05) is 0 Å². The number of benzene rings is 1. The molecule has 2 aromatic heterocycles.